The second-order valence-electron chi connectivity index (χ2n) is 5.42. The molecular weight excluding hydrogens is 240 g/mol. The minimum absolute atomic E-state index is 0.0383. The maximum atomic E-state index is 11.4. The predicted octanol–water partition coefficient (Wildman–Crippen LogP) is 3.86. The first-order valence-electron chi connectivity index (χ1n) is 6.95. The second kappa shape index (κ2) is 6.09. The van der Waals surface area contributed by atoms with Gasteiger partial charge in [0.2, 0.25) is 0 Å². The molecule has 1 fully saturated rings. The van der Waals surface area contributed by atoms with Crippen molar-refractivity contribution in [2.24, 2.45) is 5.92 Å². The molecule has 3 heteroatoms. The van der Waals surface area contributed by atoms with Crippen LogP contribution in [0.1, 0.15) is 49.9 Å². The summed E-state index contributed by atoms with van der Waals surface area (Å²) in [5.41, 5.74) is 0.654. The van der Waals surface area contributed by atoms with E-state index in [1.165, 1.54) is 12.8 Å². The van der Waals surface area contributed by atoms with Crippen LogP contribution in [0.15, 0.2) is 18.2 Å². The molecule has 19 heavy (non-hydrogen) atoms. The quantitative estimate of drug-likeness (QED) is 0.773. The molecular formula is C16H22O3. The van der Waals surface area contributed by atoms with Gasteiger partial charge in [-0.15, -0.1) is 0 Å². The van der Waals surface area contributed by atoms with Gasteiger partial charge in [-0.1, -0.05) is 6.92 Å². The van der Waals surface area contributed by atoms with Crippen LogP contribution in [0.5, 0.6) is 11.5 Å². The zero-order valence-corrected chi connectivity index (χ0v) is 11.9. The summed E-state index contributed by atoms with van der Waals surface area (Å²) in [5.74, 6) is 2.23. The highest BCUT2D eigenvalue weighted by Crippen LogP contribution is 2.33. The lowest BCUT2D eigenvalue weighted by molar-refractivity contribution is 0.101. The Kier molecular flexibility index (Phi) is 4.46. The number of ether oxygens (including phenoxy) is 2. The summed E-state index contributed by atoms with van der Waals surface area (Å²) in [5, 5.41) is 0. The SMILES string of the molecule is COc1cc(C(C)=O)ccc1OC1CCC(C)CC1. The van der Waals surface area contributed by atoms with Crippen molar-refractivity contribution in [3.05, 3.63) is 23.8 Å². The summed E-state index contributed by atoms with van der Waals surface area (Å²) < 4.78 is 11.3. The second-order valence-corrected chi connectivity index (χ2v) is 5.42. The lowest BCUT2D eigenvalue weighted by Crippen LogP contribution is -2.23. The van der Waals surface area contributed by atoms with Gasteiger partial charge >= 0.3 is 0 Å². The molecule has 1 aromatic carbocycles. The van der Waals surface area contributed by atoms with Gasteiger partial charge in [-0.2, -0.15) is 0 Å². The van der Waals surface area contributed by atoms with E-state index in [2.05, 4.69) is 6.92 Å². The molecule has 1 aromatic rings. The summed E-state index contributed by atoms with van der Waals surface area (Å²) in [6.45, 7) is 3.84. The molecule has 0 radical (unpaired) electrons. The van der Waals surface area contributed by atoms with Gasteiger partial charge in [0.1, 0.15) is 0 Å². The van der Waals surface area contributed by atoms with Crippen LogP contribution in [-0.4, -0.2) is 19.0 Å². The van der Waals surface area contributed by atoms with Crippen molar-refractivity contribution in [2.45, 2.75) is 45.6 Å². The van der Waals surface area contributed by atoms with E-state index >= 15 is 0 Å². The lowest BCUT2D eigenvalue weighted by atomic mass is 9.89. The first-order chi connectivity index (χ1) is 9.10. The van der Waals surface area contributed by atoms with Crippen molar-refractivity contribution < 1.29 is 14.3 Å². The normalized spacial score (nSPS) is 22.9. The van der Waals surface area contributed by atoms with E-state index in [4.69, 9.17) is 9.47 Å². The highest BCUT2D eigenvalue weighted by Gasteiger charge is 2.21. The zero-order chi connectivity index (χ0) is 13.8. The van der Waals surface area contributed by atoms with Gasteiger partial charge in [0.05, 0.1) is 13.2 Å². The Labute approximate surface area is 114 Å². The van der Waals surface area contributed by atoms with Crippen LogP contribution in [0.4, 0.5) is 0 Å². The van der Waals surface area contributed by atoms with Crippen LogP contribution in [0.3, 0.4) is 0 Å². The van der Waals surface area contributed by atoms with E-state index in [0.717, 1.165) is 24.5 Å². The molecule has 0 atom stereocenters. The molecule has 0 bridgehead atoms. The molecule has 0 aromatic heterocycles. The molecule has 104 valence electrons. The Balaban J connectivity index is 2.09. The smallest absolute Gasteiger partial charge is 0.161 e. The van der Waals surface area contributed by atoms with Crippen molar-refractivity contribution >= 4 is 5.78 Å². The average molecular weight is 262 g/mol. The van der Waals surface area contributed by atoms with Gasteiger partial charge in [0, 0.05) is 5.56 Å². The first kappa shape index (κ1) is 13.9. The molecule has 0 heterocycles. The van der Waals surface area contributed by atoms with Crippen LogP contribution in [0, 0.1) is 5.92 Å². The van der Waals surface area contributed by atoms with Gasteiger partial charge in [0.25, 0.3) is 0 Å². The molecule has 0 saturated heterocycles. The summed E-state index contributed by atoms with van der Waals surface area (Å²) in [7, 11) is 1.61. The van der Waals surface area contributed by atoms with E-state index in [9.17, 15) is 4.79 Å². The molecule has 0 spiro atoms. The fourth-order valence-electron chi connectivity index (χ4n) is 2.51. The Morgan fingerprint density at radius 1 is 1.16 bits per heavy atom. The molecule has 2 rings (SSSR count). The summed E-state index contributed by atoms with van der Waals surface area (Å²) in [6.07, 6.45) is 4.91. The third-order valence-electron chi connectivity index (χ3n) is 3.83. The molecule has 1 saturated carbocycles. The van der Waals surface area contributed by atoms with Crippen LogP contribution < -0.4 is 9.47 Å². The standard InChI is InChI=1S/C16H22O3/c1-11-4-7-14(8-5-11)19-15-9-6-13(12(2)17)10-16(15)18-3/h6,9-11,14H,4-5,7-8H2,1-3H3. The number of hydrogen-bond donors (Lipinski definition) is 0. The number of carbonyl (C=O) groups is 1. The van der Waals surface area contributed by atoms with E-state index in [1.54, 1.807) is 26.2 Å². The van der Waals surface area contributed by atoms with Crippen LogP contribution in [0.2, 0.25) is 0 Å². The predicted molar refractivity (Wildman–Crippen MR) is 75.0 cm³/mol. The molecule has 1 aliphatic rings. The van der Waals surface area contributed by atoms with Gasteiger partial charge in [-0.3, -0.25) is 4.79 Å². The minimum Gasteiger partial charge on any atom is -0.493 e. The van der Waals surface area contributed by atoms with Gasteiger partial charge in [-0.05, 0) is 56.7 Å². The van der Waals surface area contributed by atoms with Crippen LogP contribution in [0.25, 0.3) is 0 Å². The minimum atomic E-state index is 0.0383. The van der Waals surface area contributed by atoms with Crippen molar-refractivity contribution in [2.75, 3.05) is 7.11 Å². The number of carbonyl (C=O) groups excluding carboxylic acids is 1. The number of methoxy groups -OCH3 is 1. The van der Waals surface area contributed by atoms with Gasteiger partial charge in [-0.25, -0.2) is 0 Å². The Hall–Kier alpha value is -1.51. The highest BCUT2D eigenvalue weighted by molar-refractivity contribution is 5.94. The Bertz CT molecular complexity index is 445. The van der Waals surface area contributed by atoms with Gasteiger partial charge in [0.15, 0.2) is 17.3 Å². The molecule has 3 nitrogen and oxygen atoms in total. The maximum absolute atomic E-state index is 11.4. The van der Waals surface area contributed by atoms with Crippen molar-refractivity contribution in [3.63, 3.8) is 0 Å². The maximum Gasteiger partial charge on any atom is 0.161 e. The lowest BCUT2D eigenvalue weighted by Gasteiger charge is -2.27. The molecule has 0 amide bonds. The van der Waals surface area contributed by atoms with Crippen molar-refractivity contribution in [1.82, 2.24) is 0 Å². The van der Waals surface area contributed by atoms with Crippen LogP contribution in [-0.2, 0) is 0 Å². The monoisotopic (exact) mass is 262 g/mol. The first-order valence-corrected chi connectivity index (χ1v) is 6.95. The molecule has 1 aliphatic carbocycles. The molecule has 0 unspecified atom stereocenters. The summed E-state index contributed by atoms with van der Waals surface area (Å²) in [6, 6.07) is 5.39. The van der Waals surface area contributed by atoms with Crippen LogP contribution >= 0.6 is 0 Å². The molecule has 0 aliphatic heterocycles. The number of rotatable bonds is 4. The Morgan fingerprint density at radius 2 is 1.84 bits per heavy atom. The fraction of sp³-hybridized carbons (Fsp3) is 0.562. The fourth-order valence-corrected chi connectivity index (χ4v) is 2.51. The van der Waals surface area contributed by atoms with E-state index < -0.39 is 0 Å². The largest absolute Gasteiger partial charge is 0.493 e. The third-order valence-corrected chi connectivity index (χ3v) is 3.83. The number of hydrogen-bond acceptors (Lipinski definition) is 3. The number of Topliss-reactive ketones (excluding diaryl/α,β-unsaturated/α-hetero) is 1. The van der Waals surface area contributed by atoms with Gasteiger partial charge < -0.3 is 9.47 Å². The van der Waals surface area contributed by atoms with Crippen molar-refractivity contribution in [3.8, 4) is 11.5 Å². The zero-order valence-electron chi connectivity index (χ0n) is 11.9. The summed E-state index contributed by atoms with van der Waals surface area (Å²) in [4.78, 5) is 11.4. The highest BCUT2D eigenvalue weighted by atomic mass is 16.5. The number of ketones is 1. The Morgan fingerprint density at radius 3 is 2.42 bits per heavy atom. The van der Waals surface area contributed by atoms with E-state index in [-0.39, 0.29) is 11.9 Å². The topological polar surface area (TPSA) is 35.5 Å². The molecule has 0 N–H and O–H groups in total. The summed E-state index contributed by atoms with van der Waals surface area (Å²) >= 11 is 0. The average Bonchev–Trinajstić information content (AvgIpc) is 2.41. The number of benzene rings is 1. The van der Waals surface area contributed by atoms with Crippen molar-refractivity contribution in [1.29, 1.82) is 0 Å². The van der Waals surface area contributed by atoms with E-state index in [1.807, 2.05) is 6.07 Å². The van der Waals surface area contributed by atoms with E-state index in [0.29, 0.717) is 11.3 Å². The third kappa shape index (κ3) is 3.49.